The Kier molecular flexibility index (Phi) is 3.54. The fourth-order valence-electron chi connectivity index (χ4n) is 1.12. The third-order valence-corrected chi connectivity index (χ3v) is 1.78. The van der Waals surface area contributed by atoms with Crippen LogP contribution in [-0.2, 0) is 4.79 Å². The lowest BCUT2D eigenvalue weighted by molar-refractivity contribution is -0.384. The maximum Gasteiger partial charge on any atom is 0.293 e. The van der Waals surface area contributed by atoms with Crippen LogP contribution in [0.4, 0.5) is 11.4 Å². The lowest BCUT2D eigenvalue weighted by Gasteiger charge is -2.03. The largest absolute Gasteiger partial charge is 0.411 e. The van der Waals surface area contributed by atoms with Crippen molar-refractivity contribution in [2.45, 2.75) is 6.92 Å². The Labute approximate surface area is 90.5 Å². The monoisotopic (exact) mass is 223 g/mol. The molecule has 1 aromatic carbocycles. The highest BCUT2D eigenvalue weighted by molar-refractivity contribution is 6.31. The van der Waals surface area contributed by atoms with Crippen LogP contribution in [-0.4, -0.2) is 22.3 Å². The smallest absolute Gasteiger partial charge is 0.293 e. The van der Waals surface area contributed by atoms with Gasteiger partial charge < -0.3 is 10.5 Å². The van der Waals surface area contributed by atoms with E-state index in [1.54, 1.807) is 13.0 Å². The number of amides is 1. The number of aryl methyl sites for hydroxylation is 1. The van der Waals surface area contributed by atoms with Gasteiger partial charge in [-0.2, -0.15) is 0 Å². The van der Waals surface area contributed by atoms with Crippen LogP contribution in [0.5, 0.6) is 0 Å². The van der Waals surface area contributed by atoms with Crippen molar-refractivity contribution < 1.29 is 14.9 Å². The average Bonchev–Trinajstić information content (AvgIpc) is 2.20. The molecule has 0 saturated heterocycles. The number of carbonyl (C=O) groups is 1. The Morgan fingerprint density at radius 2 is 2.31 bits per heavy atom. The van der Waals surface area contributed by atoms with E-state index in [0.29, 0.717) is 11.8 Å². The van der Waals surface area contributed by atoms with E-state index in [-0.39, 0.29) is 11.4 Å². The molecule has 2 N–H and O–H groups in total. The van der Waals surface area contributed by atoms with Crippen molar-refractivity contribution >= 4 is 23.5 Å². The van der Waals surface area contributed by atoms with E-state index in [1.807, 2.05) is 0 Å². The summed E-state index contributed by atoms with van der Waals surface area (Å²) in [6.45, 7) is 1.70. The summed E-state index contributed by atoms with van der Waals surface area (Å²) in [5.41, 5.74) is 0.556. The number of nitro groups is 1. The maximum atomic E-state index is 11.0. The van der Waals surface area contributed by atoms with Gasteiger partial charge in [-0.25, -0.2) is 0 Å². The SMILES string of the molecule is Cc1ccc(NC(=O)/C=N/O)c([N+](=O)[O-])c1. The summed E-state index contributed by atoms with van der Waals surface area (Å²) in [6.07, 6.45) is 0.615. The van der Waals surface area contributed by atoms with Crippen molar-refractivity contribution in [2.24, 2.45) is 5.16 Å². The Morgan fingerprint density at radius 1 is 1.62 bits per heavy atom. The molecule has 0 bridgehead atoms. The van der Waals surface area contributed by atoms with Crippen molar-refractivity contribution in [1.82, 2.24) is 0 Å². The number of nitro benzene ring substituents is 1. The van der Waals surface area contributed by atoms with Crippen LogP contribution in [0.15, 0.2) is 23.4 Å². The van der Waals surface area contributed by atoms with Crippen molar-refractivity contribution in [2.75, 3.05) is 5.32 Å². The van der Waals surface area contributed by atoms with Gasteiger partial charge in [0.25, 0.3) is 11.6 Å². The third kappa shape index (κ3) is 2.77. The number of oxime groups is 1. The zero-order valence-electron chi connectivity index (χ0n) is 8.38. The van der Waals surface area contributed by atoms with Gasteiger partial charge in [0.15, 0.2) is 0 Å². The Balaban J connectivity index is 3.04. The molecule has 16 heavy (non-hydrogen) atoms. The minimum absolute atomic E-state index is 0.0560. The summed E-state index contributed by atoms with van der Waals surface area (Å²) in [5.74, 6) is -0.741. The molecule has 0 aliphatic heterocycles. The van der Waals surface area contributed by atoms with Crippen molar-refractivity contribution in [1.29, 1.82) is 0 Å². The molecule has 84 valence electrons. The molecule has 0 aliphatic rings. The van der Waals surface area contributed by atoms with Crippen LogP contribution in [0.1, 0.15) is 5.56 Å². The second-order valence-corrected chi connectivity index (χ2v) is 3.01. The first-order valence-corrected chi connectivity index (χ1v) is 4.28. The topological polar surface area (TPSA) is 105 Å². The Hall–Kier alpha value is -2.44. The highest BCUT2D eigenvalue weighted by atomic mass is 16.6. The van der Waals surface area contributed by atoms with Crippen molar-refractivity contribution in [3.8, 4) is 0 Å². The molecule has 0 atom stereocenters. The first-order chi connectivity index (χ1) is 7.54. The quantitative estimate of drug-likeness (QED) is 0.348. The highest BCUT2D eigenvalue weighted by Crippen LogP contribution is 2.24. The predicted molar refractivity (Wildman–Crippen MR) is 56.7 cm³/mol. The van der Waals surface area contributed by atoms with E-state index >= 15 is 0 Å². The Bertz CT molecular complexity index is 456. The van der Waals surface area contributed by atoms with Gasteiger partial charge in [-0.15, -0.1) is 0 Å². The van der Waals surface area contributed by atoms with Crippen LogP contribution in [0.2, 0.25) is 0 Å². The minimum atomic E-state index is -0.741. The molecule has 1 aromatic rings. The average molecular weight is 223 g/mol. The third-order valence-electron chi connectivity index (χ3n) is 1.78. The molecule has 0 aliphatic carbocycles. The maximum absolute atomic E-state index is 11.0. The molecular formula is C9H9N3O4. The minimum Gasteiger partial charge on any atom is -0.411 e. The van der Waals surface area contributed by atoms with Gasteiger partial charge in [0, 0.05) is 6.07 Å². The molecule has 0 spiro atoms. The van der Waals surface area contributed by atoms with Gasteiger partial charge in [-0.05, 0) is 18.6 Å². The van der Waals surface area contributed by atoms with E-state index in [2.05, 4.69) is 10.5 Å². The molecule has 0 unspecified atom stereocenters. The van der Waals surface area contributed by atoms with Gasteiger partial charge in [0.2, 0.25) is 0 Å². The summed E-state index contributed by atoms with van der Waals surface area (Å²) >= 11 is 0. The van der Waals surface area contributed by atoms with Crippen LogP contribution in [0, 0.1) is 17.0 Å². The number of carbonyl (C=O) groups excluding carboxylic acids is 1. The van der Waals surface area contributed by atoms with E-state index < -0.39 is 10.8 Å². The summed E-state index contributed by atoms with van der Waals surface area (Å²) in [6, 6.07) is 4.38. The second kappa shape index (κ2) is 4.87. The van der Waals surface area contributed by atoms with Gasteiger partial charge >= 0.3 is 0 Å². The number of anilines is 1. The van der Waals surface area contributed by atoms with E-state index in [4.69, 9.17) is 5.21 Å². The summed E-state index contributed by atoms with van der Waals surface area (Å²) in [5, 5.41) is 23.5. The van der Waals surface area contributed by atoms with Gasteiger partial charge in [-0.3, -0.25) is 14.9 Å². The summed E-state index contributed by atoms with van der Waals surface area (Å²) in [7, 11) is 0. The first-order valence-electron chi connectivity index (χ1n) is 4.28. The fourth-order valence-corrected chi connectivity index (χ4v) is 1.12. The molecule has 0 aromatic heterocycles. The molecule has 1 rings (SSSR count). The number of nitrogens with one attached hydrogen (secondary N) is 1. The summed E-state index contributed by atoms with van der Waals surface area (Å²) < 4.78 is 0. The molecule has 0 fully saturated rings. The fraction of sp³-hybridized carbons (Fsp3) is 0.111. The van der Waals surface area contributed by atoms with Gasteiger partial charge in [0.05, 0.1) is 4.92 Å². The number of nitrogens with zero attached hydrogens (tertiary/aromatic N) is 2. The van der Waals surface area contributed by atoms with E-state index in [9.17, 15) is 14.9 Å². The highest BCUT2D eigenvalue weighted by Gasteiger charge is 2.14. The van der Waals surface area contributed by atoms with Crippen molar-refractivity contribution in [3.63, 3.8) is 0 Å². The molecule has 0 saturated carbocycles. The van der Waals surface area contributed by atoms with Crippen LogP contribution >= 0.6 is 0 Å². The lowest BCUT2D eigenvalue weighted by Crippen LogP contribution is -2.13. The van der Waals surface area contributed by atoms with Crippen LogP contribution < -0.4 is 5.32 Å². The van der Waals surface area contributed by atoms with Crippen LogP contribution in [0.25, 0.3) is 0 Å². The molecule has 7 heteroatoms. The van der Waals surface area contributed by atoms with Crippen LogP contribution in [0.3, 0.4) is 0 Å². The molecular weight excluding hydrogens is 214 g/mol. The van der Waals surface area contributed by atoms with E-state index in [0.717, 1.165) is 0 Å². The molecule has 0 heterocycles. The standard InChI is InChI=1S/C9H9N3O4/c1-6-2-3-7(8(4-6)12(15)16)11-9(13)5-10-14/h2-5,14H,1H3,(H,11,13)/b10-5+. The molecule has 0 radical (unpaired) electrons. The predicted octanol–water partition coefficient (Wildman–Crippen LogP) is 1.30. The number of benzene rings is 1. The molecule has 7 nitrogen and oxygen atoms in total. The van der Waals surface area contributed by atoms with Gasteiger partial charge in [0.1, 0.15) is 11.9 Å². The Morgan fingerprint density at radius 3 is 2.88 bits per heavy atom. The number of rotatable bonds is 3. The van der Waals surface area contributed by atoms with Crippen molar-refractivity contribution in [3.05, 3.63) is 33.9 Å². The molecule has 1 amide bonds. The van der Waals surface area contributed by atoms with Gasteiger partial charge in [-0.1, -0.05) is 11.2 Å². The first kappa shape index (κ1) is 11.6. The lowest BCUT2D eigenvalue weighted by atomic mass is 10.2. The second-order valence-electron chi connectivity index (χ2n) is 3.01. The number of hydrogen-bond acceptors (Lipinski definition) is 5. The number of hydrogen-bond donors (Lipinski definition) is 2. The normalized spacial score (nSPS) is 10.3. The zero-order chi connectivity index (χ0) is 12.1. The zero-order valence-corrected chi connectivity index (χ0v) is 8.38. The van der Waals surface area contributed by atoms with E-state index in [1.165, 1.54) is 12.1 Å². The summed E-state index contributed by atoms with van der Waals surface area (Å²) in [4.78, 5) is 21.1.